The average Bonchev–Trinajstić information content (AvgIpc) is 3.66. The van der Waals surface area contributed by atoms with Gasteiger partial charge in [-0.3, -0.25) is 19.4 Å². The van der Waals surface area contributed by atoms with Crippen LogP contribution in [0.1, 0.15) is 93.9 Å². The first-order chi connectivity index (χ1) is 26.9. The Labute approximate surface area is 339 Å². The molecule has 14 nitrogen and oxygen atoms in total. The fourth-order valence-corrected chi connectivity index (χ4v) is 8.66. The molecular formula is C43H68N4O10. The number of cyclic esters (lactones) is 1. The van der Waals surface area contributed by atoms with Crippen molar-refractivity contribution in [3.63, 3.8) is 0 Å². The molecule has 0 aromatic carbocycles. The highest BCUT2D eigenvalue weighted by molar-refractivity contribution is 6.00. The number of aromatic nitrogens is 3. The molecule has 0 radical (unpaired) electrons. The highest BCUT2D eigenvalue weighted by atomic mass is 16.7. The third-order valence-electron chi connectivity index (χ3n) is 12.2. The van der Waals surface area contributed by atoms with Crippen molar-refractivity contribution in [1.29, 1.82) is 0 Å². The van der Waals surface area contributed by atoms with E-state index in [-0.39, 0.29) is 37.4 Å². The number of carbonyl (C=O) groups excluding carboxylic acids is 3. The first-order valence-corrected chi connectivity index (χ1v) is 20.6. The zero-order chi connectivity index (χ0) is 42.2. The van der Waals surface area contributed by atoms with Crippen molar-refractivity contribution in [1.82, 2.24) is 19.4 Å². The van der Waals surface area contributed by atoms with E-state index in [1.165, 1.54) is 21.0 Å². The molecule has 0 bridgehead atoms. The highest BCUT2D eigenvalue weighted by Gasteiger charge is 2.52. The normalized spacial score (nSPS) is 36.2. The number of likely N-dealkylation sites (N-methyl/N-ethyl adjacent to an activating group) is 1. The molecule has 4 heterocycles. The van der Waals surface area contributed by atoms with E-state index in [4.69, 9.17) is 23.7 Å². The lowest BCUT2D eigenvalue weighted by molar-refractivity contribution is -0.295. The van der Waals surface area contributed by atoms with Crippen LogP contribution in [0.15, 0.2) is 37.1 Å². The van der Waals surface area contributed by atoms with E-state index in [9.17, 15) is 24.6 Å². The van der Waals surface area contributed by atoms with E-state index in [2.05, 4.69) is 9.97 Å². The Kier molecular flexibility index (Phi) is 16.5. The summed E-state index contributed by atoms with van der Waals surface area (Å²) in [4.78, 5) is 53.0. The fraction of sp³-hybridized carbons (Fsp3) is 0.744. The number of methoxy groups -OCH3 is 1. The predicted molar refractivity (Wildman–Crippen MR) is 214 cm³/mol. The van der Waals surface area contributed by atoms with Gasteiger partial charge in [0.2, 0.25) is 0 Å². The number of ether oxygens (including phenoxy) is 5. The first-order valence-electron chi connectivity index (χ1n) is 20.6. The summed E-state index contributed by atoms with van der Waals surface area (Å²) in [6.45, 7) is 14.7. The number of aliphatic hydroxyl groups excluding tert-OH is 1. The molecule has 0 saturated carbocycles. The smallest absolute Gasteiger partial charge is 0.316 e. The summed E-state index contributed by atoms with van der Waals surface area (Å²) in [7, 11) is 5.24. The maximum absolute atomic E-state index is 14.4. The zero-order valence-electron chi connectivity index (χ0n) is 35.9. The number of aliphatic hydroxyl groups is 2. The van der Waals surface area contributed by atoms with Crippen molar-refractivity contribution in [2.45, 2.75) is 155 Å². The molecule has 2 aromatic rings. The molecule has 2 saturated heterocycles. The molecule has 0 aliphatic carbocycles. The van der Waals surface area contributed by atoms with E-state index in [0.29, 0.717) is 12.8 Å². The molecule has 320 valence electrons. The van der Waals surface area contributed by atoms with Crippen molar-refractivity contribution in [2.75, 3.05) is 27.8 Å². The number of hydrogen-bond acceptors (Lipinski definition) is 13. The molecular weight excluding hydrogens is 732 g/mol. The summed E-state index contributed by atoms with van der Waals surface area (Å²) in [6, 6.07) is 3.57. The van der Waals surface area contributed by atoms with Gasteiger partial charge in [0.1, 0.15) is 29.5 Å². The summed E-state index contributed by atoms with van der Waals surface area (Å²) in [5, 5.41) is 23.6. The molecule has 2 aromatic heterocycles. The van der Waals surface area contributed by atoms with Crippen LogP contribution in [0.2, 0.25) is 0 Å². The fourth-order valence-electron chi connectivity index (χ4n) is 8.66. The van der Waals surface area contributed by atoms with Crippen LogP contribution in [-0.2, 0) is 44.6 Å². The van der Waals surface area contributed by atoms with Gasteiger partial charge in [0, 0.05) is 68.2 Å². The highest BCUT2D eigenvalue weighted by Crippen LogP contribution is 2.39. The Hall–Kier alpha value is -3.11. The molecule has 13 atom stereocenters. The molecule has 14 heteroatoms. The number of carbonyl (C=O) groups is 3. The van der Waals surface area contributed by atoms with Crippen molar-refractivity contribution >= 4 is 17.5 Å². The third-order valence-corrected chi connectivity index (χ3v) is 12.2. The lowest BCUT2D eigenvalue weighted by atomic mass is 9.74. The zero-order valence-corrected chi connectivity index (χ0v) is 35.9. The van der Waals surface area contributed by atoms with Crippen LogP contribution < -0.4 is 0 Å². The number of hydrogen-bond donors (Lipinski definition) is 2. The van der Waals surface area contributed by atoms with E-state index in [0.717, 1.165) is 30.6 Å². The van der Waals surface area contributed by atoms with Crippen LogP contribution in [0.3, 0.4) is 0 Å². The SMILES string of the molecule is CC[C@H]1OC(=O)[C@H](C)C(=O)[C@H](C)[C@@H](O[C@@H]2O[C@H](C)C[C@H](N(C)C)[C@H]2O)[C@@](C)(OC)C[C@@H](C)C(=O)[C@H](C)C(OCCCCCn2cnc(-c3cccnc3)c2)[C@]1(C)O. The molecule has 0 spiro atoms. The topological polar surface area (TPSA) is 172 Å². The number of nitrogens with zero attached hydrogens (tertiary/aromatic N) is 4. The summed E-state index contributed by atoms with van der Waals surface area (Å²) in [6.07, 6.45) is 5.01. The van der Waals surface area contributed by atoms with Crippen molar-refractivity contribution < 1.29 is 48.3 Å². The second kappa shape index (κ2) is 20.2. The van der Waals surface area contributed by atoms with Gasteiger partial charge in [0.25, 0.3) is 0 Å². The van der Waals surface area contributed by atoms with Gasteiger partial charge in [-0.1, -0.05) is 27.7 Å². The van der Waals surface area contributed by atoms with Gasteiger partial charge >= 0.3 is 5.97 Å². The summed E-state index contributed by atoms with van der Waals surface area (Å²) >= 11 is 0. The number of aryl methyl sites for hydroxylation is 1. The summed E-state index contributed by atoms with van der Waals surface area (Å²) < 4.78 is 33.3. The lowest BCUT2D eigenvalue weighted by Gasteiger charge is -2.47. The maximum Gasteiger partial charge on any atom is 0.316 e. The average molecular weight is 801 g/mol. The molecule has 57 heavy (non-hydrogen) atoms. The number of pyridine rings is 1. The minimum absolute atomic E-state index is 0.131. The van der Waals surface area contributed by atoms with Crippen LogP contribution >= 0.6 is 0 Å². The summed E-state index contributed by atoms with van der Waals surface area (Å²) in [5.41, 5.74) is -1.23. The number of esters is 1. The quantitative estimate of drug-likeness (QED) is 0.160. The standard InChI is InChI=1S/C43H68N4O10/c1-12-34-43(8,52)39(54-20-15-13-14-19-47-24-32(45-25-47)31-17-16-18-44-23-31)28(4)35(48)26(2)22-42(7,53-11)38(29(5)36(49)30(6)40(51)56-34)57-41-37(50)33(46(9)10)21-27(3)55-41/h16-18,23-30,33-34,37-39,41,50,52H,12-15,19-22H2,1-11H3/t26-,27-,28+,29+,30-,33+,34-,37-,38-,39?,41+,42+,43-/m1/s1. The first kappa shape index (κ1) is 46.6. The maximum atomic E-state index is 14.4. The Morgan fingerprint density at radius 1 is 1.02 bits per heavy atom. The van der Waals surface area contributed by atoms with Gasteiger partial charge < -0.3 is 43.4 Å². The number of rotatable bonds is 13. The Morgan fingerprint density at radius 2 is 1.72 bits per heavy atom. The third kappa shape index (κ3) is 11.1. The van der Waals surface area contributed by atoms with Crippen LogP contribution in [0.25, 0.3) is 11.3 Å². The van der Waals surface area contributed by atoms with Gasteiger partial charge in [-0.05, 0) is 92.4 Å². The molecule has 2 N–H and O–H groups in total. The van der Waals surface area contributed by atoms with E-state index in [1.807, 2.05) is 48.8 Å². The van der Waals surface area contributed by atoms with Crippen molar-refractivity contribution in [3.05, 3.63) is 37.1 Å². The molecule has 4 rings (SSSR count). The minimum Gasteiger partial charge on any atom is -0.459 e. The Balaban J connectivity index is 1.56. The van der Waals surface area contributed by atoms with Gasteiger partial charge in [-0.15, -0.1) is 0 Å². The van der Waals surface area contributed by atoms with Crippen LogP contribution in [0.4, 0.5) is 0 Å². The summed E-state index contributed by atoms with van der Waals surface area (Å²) in [5.74, 6) is -5.08. The van der Waals surface area contributed by atoms with E-state index < -0.39 is 77.3 Å². The van der Waals surface area contributed by atoms with Gasteiger partial charge in [0.05, 0.1) is 35.9 Å². The molecule has 2 fully saturated rings. The predicted octanol–water partition coefficient (Wildman–Crippen LogP) is 4.88. The van der Waals surface area contributed by atoms with Gasteiger partial charge in [-0.25, -0.2) is 4.98 Å². The number of Topliss-reactive ketones (excluding diaryl/α,β-unsaturated/α-hetero) is 2. The molecule has 2 aliphatic heterocycles. The Bertz CT molecular complexity index is 1600. The number of imidazole rings is 1. The minimum atomic E-state index is -1.78. The molecule has 0 amide bonds. The van der Waals surface area contributed by atoms with Crippen LogP contribution in [0.5, 0.6) is 0 Å². The van der Waals surface area contributed by atoms with Crippen LogP contribution in [0, 0.1) is 23.7 Å². The van der Waals surface area contributed by atoms with Crippen molar-refractivity contribution in [2.24, 2.45) is 23.7 Å². The number of unbranched alkanes of at least 4 members (excludes halogenated alkanes) is 2. The van der Waals surface area contributed by atoms with Gasteiger partial charge in [0.15, 0.2) is 12.1 Å². The molecule has 2 aliphatic rings. The monoisotopic (exact) mass is 800 g/mol. The van der Waals surface area contributed by atoms with E-state index in [1.54, 1.807) is 53.3 Å². The molecule has 1 unspecified atom stereocenters. The lowest BCUT2D eigenvalue weighted by Crippen LogP contribution is -2.60. The largest absolute Gasteiger partial charge is 0.459 e. The number of ketones is 2. The Morgan fingerprint density at radius 3 is 2.35 bits per heavy atom. The second-order valence-electron chi connectivity index (χ2n) is 17.0. The van der Waals surface area contributed by atoms with Crippen LogP contribution in [-0.4, -0.2) is 129 Å². The van der Waals surface area contributed by atoms with Crippen molar-refractivity contribution in [3.8, 4) is 11.3 Å². The second-order valence-corrected chi connectivity index (χ2v) is 17.0. The van der Waals surface area contributed by atoms with E-state index >= 15 is 0 Å². The van der Waals surface area contributed by atoms with Gasteiger partial charge in [-0.2, -0.15) is 0 Å².